The lowest BCUT2D eigenvalue weighted by Crippen LogP contribution is -2.47. The normalized spacial score (nSPS) is 14.3. The number of unbranched alkanes of at least 4 members (excludes halogenated alkanes) is 28. The first-order valence-electron chi connectivity index (χ1n) is 33.7. The van der Waals surface area contributed by atoms with Crippen LogP contribution < -0.4 is 5.32 Å². The fourth-order valence-corrected chi connectivity index (χ4v) is 10.1. The minimum absolute atomic E-state index is 0.0325. The van der Waals surface area contributed by atoms with Crippen LogP contribution in [-0.4, -0.2) is 74.3 Å². The Bertz CT molecular complexity index is 1770. The molecular weight excluding hydrogens is 1040 g/mol. The van der Waals surface area contributed by atoms with Gasteiger partial charge in [0.1, 0.15) is 19.3 Å². The van der Waals surface area contributed by atoms with Gasteiger partial charge in [-0.3, -0.25) is 18.6 Å². The fraction of sp³-hybridized carbons (Fsp3) is 0.722. The number of hydrogen-bond donors (Lipinski definition) is 2. The van der Waals surface area contributed by atoms with Crippen molar-refractivity contribution in [3.8, 4) is 0 Å². The van der Waals surface area contributed by atoms with Crippen LogP contribution in [0.4, 0.5) is 0 Å². The summed E-state index contributed by atoms with van der Waals surface area (Å²) in [5.74, 6) is -0.524. The lowest BCUT2D eigenvalue weighted by Gasteiger charge is -2.27. The highest BCUT2D eigenvalue weighted by atomic mass is 31.2. The summed E-state index contributed by atoms with van der Waals surface area (Å²) in [5.41, 5.74) is 0. The van der Waals surface area contributed by atoms with Crippen molar-refractivity contribution in [3.63, 3.8) is 0 Å². The van der Waals surface area contributed by atoms with Crippen LogP contribution in [0.3, 0.4) is 0 Å². The summed E-state index contributed by atoms with van der Waals surface area (Å²) >= 11 is 0. The zero-order valence-corrected chi connectivity index (χ0v) is 54.8. The van der Waals surface area contributed by atoms with E-state index in [1.165, 1.54) is 122 Å². The summed E-state index contributed by atoms with van der Waals surface area (Å²) < 4.78 is 30.8. The van der Waals surface area contributed by atoms with Crippen molar-refractivity contribution in [3.05, 3.63) is 109 Å². The molecule has 3 unspecified atom stereocenters. The van der Waals surface area contributed by atoms with Gasteiger partial charge < -0.3 is 19.4 Å². The van der Waals surface area contributed by atoms with Gasteiger partial charge >= 0.3 is 13.8 Å². The number of nitrogens with one attached hydrogen (secondary N) is 1. The molecule has 0 radical (unpaired) electrons. The van der Waals surface area contributed by atoms with Crippen molar-refractivity contribution >= 4 is 19.7 Å². The number of likely N-dealkylation sites (N-methyl/N-ethyl adjacent to an activating group) is 1. The number of carbonyl (C=O) groups excluding carboxylic acids is 2. The quantitative estimate of drug-likeness (QED) is 0.0205. The van der Waals surface area contributed by atoms with Crippen LogP contribution in [0, 0.1) is 0 Å². The summed E-state index contributed by atoms with van der Waals surface area (Å²) in [6, 6.07) is -0.863. The largest absolute Gasteiger partial charge is 0.472 e. The fourth-order valence-electron chi connectivity index (χ4n) is 9.33. The number of phosphoric ester groups is 1. The molecule has 1 amide bonds. The third kappa shape index (κ3) is 61.2. The molecule has 9 nitrogen and oxygen atoms in total. The van der Waals surface area contributed by atoms with E-state index in [1.807, 2.05) is 33.3 Å². The third-order valence-corrected chi connectivity index (χ3v) is 15.4. The first-order chi connectivity index (χ1) is 39.9. The predicted molar refractivity (Wildman–Crippen MR) is 355 cm³/mol. The smallest absolute Gasteiger partial charge is 0.456 e. The van der Waals surface area contributed by atoms with Gasteiger partial charge in [0.2, 0.25) is 5.91 Å². The topological polar surface area (TPSA) is 111 Å². The third-order valence-electron chi connectivity index (χ3n) is 14.5. The van der Waals surface area contributed by atoms with E-state index < -0.39 is 20.0 Å². The molecule has 0 heterocycles. The number of esters is 1. The molecule has 0 aliphatic rings. The standard InChI is InChI=1S/C72H127N2O7P/c1-7-10-13-16-19-22-25-28-30-32-33-34-35-36-37-38-39-40-41-42-44-47-50-53-56-59-62-65-72(76)81-70(63-60-57-54-51-48-45-27-24-21-18-15-12-9-3)69(68-80-82(77,78)79-67-66-74(4,5)6)73-71(75)64-61-58-55-52-49-46-43-31-29-26-23-20-17-14-11-8-2/h10-11,13-14,19-20,22-23,28-31,33-34,36-37,60,63,69-70H,7-9,12,15-18,21,24-27,32,35,38-59,61-62,64-68H2,1-6H3,(H-,73,75,77,78)/p+1/b13-10-,14-11+,22-19-,23-20+,30-28-,31-29+,34-33-,37-36-,63-60-. The van der Waals surface area contributed by atoms with Crippen LogP contribution in [0.1, 0.15) is 284 Å². The molecule has 0 saturated carbocycles. The molecule has 0 spiro atoms. The number of quaternary nitrogens is 1. The molecule has 82 heavy (non-hydrogen) atoms. The van der Waals surface area contributed by atoms with Gasteiger partial charge in [-0.15, -0.1) is 0 Å². The number of amides is 1. The van der Waals surface area contributed by atoms with Crippen molar-refractivity contribution in [2.24, 2.45) is 0 Å². The van der Waals surface area contributed by atoms with Crippen LogP contribution in [0.5, 0.6) is 0 Å². The SMILES string of the molecule is CC/C=C\C/C=C\C/C=C\C/C=C\C/C=C\CCCCCCCCCCCCCC(=O)OC(/C=C\CCCCCCCCCCCCC)C(COP(=O)(O)OCC[N+](C)(C)C)NC(=O)CCCCCCCC/C=C/C/C=C/C/C=C/CC. The van der Waals surface area contributed by atoms with E-state index >= 15 is 0 Å². The van der Waals surface area contributed by atoms with Crippen molar-refractivity contribution in [2.75, 3.05) is 40.9 Å². The maximum atomic E-state index is 13.6. The summed E-state index contributed by atoms with van der Waals surface area (Å²) in [4.78, 5) is 37.8. The van der Waals surface area contributed by atoms with Gasteiger partial charge in [-0.25, -0.2) is 4.57 Å². The van der Waals surface area contributed by atoms with E-state index in [-0.39, 0.29) is 31.5 Å². The Hall–Kier alpha value is -3.33. The van der Waals surface area contributed by atoms with Crippen molar-refractivity contribution < 1.29 is 37.3 Å². The van der Waals surface area contributed by atoms with E-state index in [2.05, 4.69) is 123 Å². The Morgan fingerprint density at radius 2 is 0.780 bits per heavy atom. The number of rotatable bonds is 60. The molecule has 0 aliphatic heterocycles. The number of hydrogen-bond acceptors (Lipinski definition) is 6. The van der Waals surface area contributed by atoms with E-state index in [4.69, 9.17) is 13.8 Å². The molecular formula is C72H128N2O7P+. The minimum atomic E-state index is -4.46. The number of allylic oxidation sites excluding steroid dienone is 17. The molecule has 0 bridgehead atoms. The average Bonchev–Trinajstić information content (AvgIpc) is 3.45. The first kappa shape index (κ1) is 78.7. The number of nitrogens with zero attached hydrogens (tertiary/aromatic N) is 1. The van der Waals surface area contributed by atoms with Gasteiger partial charge in [0.15, 0.2) is 0 Å². The molecule has 0 aromatic rings. The lowest BCUT2D eigenvalue weighted by atomic mass is 10.0. The molecule has 472 valence electrons. The number of phosphoric acid groups is 1. The van der Waals surface area contributed by atoms with Gasteiger partial charge in [-0.05, 0) is 109 Å². The summed E-state index contributed by atoms with van der Waals surface area (Å²) in [6.07, 6.45) is 83.8. The van der Waals surface area contributed by atoms with E-state index in [1.54, 1.807) is 0 Å². The highest BCUT2D eigenvalue weighted by Gasteiger charge is 2.30. The van der Waals surface area contributed by atoms with Crippen LogP contribution in [0.15, 0.2) is 109 Å². The molecule has 0 aliphatic carbocycles. The number of carbonyl (C=O) groups is 2. The second-order valence-corrected chi connectivity index (χ2v) is 25.0. The second-order valence-electron chi connectivity index (χ2n) is 23.6. The Kier molecular flexibility index (Phi) is 58.3. The molecule has 0 saturated heterocycles. The van der Waals surface area contributed by atoms with Gasteiger partial charge in [0.25, 0.3) is 0 Å². The second kappa shape index (κ2) is 60.8. The Morgan fingerprint density at radius 1 is 0.439 bits per heavy atom. The Morgan fingerprint density at radius 3 is 1.17 bits per heavy atom. The molecule has 10 heteroatoms. The van der Waals surface area contributed by atoms with Crippen molar-refractivity contribution in [1.82, 2.24) is 5.32 Å². The van der Waals surface area contributed by atoms with Crippen LogP contribution >= 0.6 is 7.82 Å². The Labute approximate surface area is 506 Å². The minimum Gasteiger partial charge on any atom is -0.456 e. The average molecular weight is 1160 g/mol. The Balaban J connectivity index is 5.13. The summed E-state index contributed by atoms with van der Waals surface area (Å²) in [5, 5.41) is 3.05. The summed E-state index contributed by atoms with van der Waals surface area (Å²) in [7, 11) is 1.48. The van der Waals surface area contributed by atoms with Crippen molar-refractivity contribution in [1.29, 1.82) is 0 Å². The van der Waals surface area contributed by atoms with E-state index in [9.17, 15) is 19.0 Å². The molecule has 0 rings (SSSR count). The molecule has 0 fully saturated rings. The van der Waals surface area contributed by atoms with Crippen LogP contribution in [0.2, 0.25) is 0 Å². The highest BCUT2D eigenvalue weighted by molar-refractivity contribution is 7.47. The van der Waals surface area contributed by atoms with Gasteiger partial charge in [-0.1, -0.05) is 272 Å². The molecule has 0 aromatic heterocycles. The zero-order valence-electron chi connectivity index (χ0n) is 54.0. The first-order valence-corrected chi connectivity index (χ1v) is 35.2. The number of ether oxygens (including phenoxy) is 1. The predicted octanol–water partition coefficient (Wildman–Crippen LogP) is 21.3. The summed E-state index contributed by atoms with van der Waals surface area (Å²) in [6.45, 7) is 6.78. The van der Waals surface area contributed by atoms with E-state index in [0.717, 1.165) is 128 Å². The van der Waals surface area contributed by atoms with Gasteiger partial charge in [0, 0.05) is 12.8 Å². The van der Waals surface area contributed by atoms with Crippen molar-refractivity contribution in [2.45, 2.75) is 296 Å². The maximum absolute atomic E-state index is 13.6. The lowest BCUT2D eigenvalue weighted by molar-refractivity contribution is -0.870. The molecule has 0 aromatic carbocycles. The van der Waals surface area contributed by atoms with Crippen LogP contribution in [0.25, 0.3) is 0 Å². The van der Waals surface area contributed by atoms with Gasteiger partial charge in [-0.2, -0.15) is 0 Å². The molecule has 2 N–H and O–H groups in total. The molecule has 3 atom stereocenters. The maximum Gasteiger partial charge on any atom is 0.472 e. The monoisotopic (exact) mass is 1160 g/mol. The van der Waals surface area contributed by atoms with E-state index in [0.29, 0.717) is 17.4 Å². The zero-order chi connectivity index (χ0) is 60.0. The highest BCUT2D eigenvalue weighted by Crippen LogP contribution is 2.43. The van der Waals surface area contributed by atoms with Crippen LogP contribution in [-0.2, 0) is 27.9 Å². The van der Waals surface area contributed by atoms with Gasteiger partial charge in [0.05, 0.1) is 33.8 Å².